The molecule has 0 aliphatic heterocycles. The van der Waals surface area contributed by atoms with Crippen LogP contribution in [-0.2, 0) is 10.0 Å². The molecule has 8 nitrogen and oxygen atoms in total. The molecule has 2 rings (SSSR count). The number of methoxy groups -OCH3 is 2. The number of nitro benzene ring substituents is 1. The third kappa shape index (κ3) is 3.69. The monoisotopic (exact) mass is 372 g/mol. The average molecular weight is 373 g/mol. The molecule has 0 spiro atoms. The third-order valence-electron chi connectivity index (χ3n) is 3.06. The first-order valence-corrected chi connectivity index (χ1v) is 8.33. The fraction of sp³-hybridized carbons (Fsp3) is 0.143. The lowest BCUT2D eigenvalue weighted by atomic mass is 10.3. The summed E-state index contributed by atoms with van der Waals surface area (Å²) in [5.74, 6) is 0.420. The van der Waals surface area contributed by atoms with Crippen LogP contribution in [0.4, 0.5) is 11.4 Å². The molecule has 1 N–H and O–H groups in total. The van der Waals surface area contributed by atoms with Gasteiger partial charge in [0.25, 0.3) is 15.7 Å². The summed E-state index contributed by atoms with van der Waals surface area (Å²) >= 11 is 5.97. The second-order valence-corrected chi connectivity index (χ2v) is 6.64. The number of non-ortho nitro benzene ring substituents is 1. The Morgan fingerprint density at radius 3 is 2.38 bits per heavy atom. The first kappa shape index (κ1) is 17.8. The van der Waals surface area contributed by atoms with E-state index in [1.807, 2.05) is 0 Å². The van der Waals surface area contributed by atoms with E-state index in [0.29, 0.717) is 0 Å². The van der Waals surface area contributed by atoms with E-state index < -0.39 is 14.9 Å². The predicted molar refractivity (Wildman–Crippen MR) is 88.5 cm³/mol. The number of benzene rings is 2. The second-order valence-electron chi connectivity index (χ2n) is 4.55. The quantitative estimate of drug-likeness (QED) is 0.616. The first-order valence-electron chi connectivity index (χ1n) is 6.47. The van der Waals surface area contributed by atoms with Gasteiger partial charge >= 0.3 is 0 Å². The number of sulfonamides is 1. The Hall–Kier alpha value is -2.52. The summed E-state index contributed by atoms with van der Waals surface area (Å²) in [6.07, 6.45) is 0. The molecule has 128 valence electrons. The Balaban J connectivity index is 2.46. The maximum absolute atomic E-state index is 12.5. The zero-order valence-corrected chi connectivity index (χ0v) is 14.2. The third-order valence-corrected chi connectivity index (χ3v) is 4.72. The van der Waals surface area contributed by atoms with Gasteiger partial charge < -0.3 is 9.47 Å². The van der Waals surface area contributed by atoms with Crippen molar-refractivity contribution < 1.29 is 22.8 Å². The van der Waals surface area contributed by atoms with Gasteiger partial charge in [0.1, 0.15) is 11.5 Å². The molecular formula is C14H13ClN2O6S. The SMILES string of the molecule is COc1cc(NS(=O)(=O)c2cccc([N+](=O)[O-])c2)c(OC)cc1Cl. The highest BCUT2D eigenvalue weighted by molar-refractivity contribution is 7.92. The zero-order valence-electron chi connectivity index (χ0n) is 12.6. The number of hydrogen-bond donors (Lipinski definition) is 1. The summed E-state index contributed by atoms with van der Waals surface area (Å²) in [5.41, 5.74) is -0.246. The summed E-state index contributed by atoms with van der Waals surface area (Å²) in [6.45, 7) is 0. The molecule has 2 aromatic rings. The number of ether oxygens (including phenoxy) is 2. The van der Waals surface area contributed by atoms with Crippen molar-refractivity contribution in [3.05, 3.63) is 51.5 Å². The number of halogens is 1. The van der Waals surface area contributed by atoms with Gasteiger partial charge in [-0.3, -0.25) is 14.8 Å². The smallest absolute Gasteiger partial charge is 0.270 e. The molecule has 0 radical (unpaired) electrons. The van der Waals surface area contributed by atoms with E-state index in [9.17, 15) is 18.5 Å². The van der Waals surface area contributed by atoms with E-state index in [-0.39, 0.29) is 32.8 Å². The van der Waals surface area contributed by atoms with Crippen molar-refractivity contribution >= 4 is 33.0 Å². The van der Waals surface area contributed by atoms with Gasteiger partial charge in [-0.05, 0) is 6.07 Å². The molecule has 0 amide bonds. The highest BCUT2D eigenvalue weighted by Gasteiger charge is 2.20. The van der Waals surface area contributed by atoms with Crippen LogP contribution in [0.1, 0.15) is 0 Å². The highest BCUT2D eigenvalue weighted by Crippen LogP contribution is 2.37. The molecular weight excluding hydrogens is 360 g/mol. The van der Waals surface area contributed by atoms with Crippen LogP contribution in [0.3, 0.4) is 0 Å². The minimum Gasteiger partial charge on any atom is -0.495 e. The summed E-state index contributed by atoms with van der Waals surface area (Å²) in [7, 11) is -1.34. The maximum atomic E-state index is 12.5. The molecule has 2 aromatic carbocycles. The van der Waals surface area contributed by atoms with Gasteiger partial charge in [0, 0.05) is 24.3 Å². The van der Waals surface area contributed by atoms with Crippen LogP contribution >= 0.6 is 11.6 Å². The number of anilines is 1. The fourth-order valence-electron chi connectivity index (χ4n) is 1.91. The van der Waals surface area contributed by atoms with Gasteiger partial charge in [0.15, 0.2) is 0 Å². The lowest BCUT2D eigenvalue weighted by Crippen LogP contribution is -2.14. The lowest BCUT2D eigenvalue weighted by Gasteiger charge is -2.14. The van der Waals surface area contributed by atoms with Crippen molar-refractivity contribution in [1.29, 1.82) is 0 Å². The summed E-state index contributed by atoms with van der Waals surface area (Å²) in [6, 6.07) is 7.44. The standard InChI is InChI=1S/C14H13ClN2O6S/c1-22-13-8-12(14(23-2)7-11(13)15)16-24(20,21)10-5-3-4-9(6-10)17(18)19/h3-8,16H,1-2H3. The van der Waals surface area contributed by atoms with Crippen LogP contribution in [0.2, 0.25) is 5.02 Å². The number of nitrogens with one attached hydrogen (secondary N) is 1. The Labute approximate surface area is 143 Å². The summed E-state index contributed by atoms with van der Waals surface area (Å²) in [5, 5.41) is 11.0. The van der Waals surface area contributed by atoms with Crippen molar-refractivity contribution in [3.63, 3.8) is 0 Å². The van der Waals surface area contributed by atoms with Crippen LogP contribution in [0, 0.1) is 10.1 Å². The molecule has 0 unspecified atom stereocenters. The molecule has 0 saturated heterocycles. The van der Waals surface area contributed by atoms with E-state index in [1.165, 1.54) is 44.6 Å². The molecule has 10 heteroatoms. The van der Waals surface area contributed by atoms with Crippen LogP contribution in [0.5, 0.6) is 11.5 Å². The van der Waals surface area contributed by atoms with Gasteiger partial charge in [0.05, 0.1) is 34.7 Å². The van der Waals surface area contributed by atoms with Crippen LogP contribution in [-0.4, -0.2) is 27.6 Å². The van der Waals surface area contributed by atoms with Gasteiger partial charge in [-0.2, -0.15) is 0 Å². The predicted octanol–water partition coefficient (Wildman–Crippen LogP) is 3.07. The Bertz CT molecular complexity index is 885. The molecule has 0 fully saturated rings. The number of hydrogen-bond acceptors (Lipinski definition) is 6. The van der Waals surface area contributed by atoms with E-state index >= 15 is 0 Å². The Morgan fingerprint density at radius 1 is 1.12 bits per heavy atom. The van der Waals surface area contributed by atoms with Crippen molar-refractivity contribution in [1.82, 2.24) is 0 Å². The van der Waals surface area contributed by atoms with Gasteiger partial charge in [-0.25, -0.2) is 8.42 Å². The molecule has 0 aliphatic carbocycles. The molecule has 0 bridgehead atoms. The first-order chi connectivity index (χ1) is 11.3. The number of rotatable bonds is 6. The van der Waals surface area contributed by atoms with E-state index in [2.05, 4.69) is 4.72 Å². The minimum absolute atomic E-state index is 0.0882. The van der Waals surface area contributed by atoms with Gasteiger partial charge in [-0.1, -0.05) is 17.7 Å². The van der Waals surface area contributed by atoms with E-state index in [1.54, 1.807) is 0 Å². The maximum Gasteiger partial charge on any atom is 0.270 e. The highest BCUT2D eigenvalue weighted by atomic mass is 35.5. The normalized spacial score (nSPS) is 11.0. The molecule has 0 heterocycles. The molecule has 0 aromatic heterocycles. The van der Waals surface area contributed by atoms with Crippen LogP contribution in [0.15, 0.2) is 41.3 Å². The van der Waals surface area contributed by atoms with Crippen molar-refractivity contribution in [2.75, 3.05) is 18.9 Å². The van der Waals surface area contributed by atoms with Crippen molar-refractivity contribution in [2.45, 2.75) is 4.90 Å². The fourth-order valence-corrected chi connectivity index (χ4v) is 3.24. The summed E-state index contributed by atoms with van der Waals surface area (Å²) in [4.78, 5) is 9.87. The Morgan fingerprint density at radius 2 is 1.79 bits per heavy atom. The van der Waals surface area contributed by atoms with Gasteiger partial charge in [0.2, 0.25) is 0 Å². The topological polar surface area (TPSA) is 108 Å². The Kier molecular flexibility index (Phi) is 5.15. The second kappa shape index (κ2) is 6.93. The van der Waals surface area contributed by atoms with E-state index in [0.717, 1.165) is 6.07 Å². The largest absolute Gasteiger partial charge is 0.495 e. The molecule has 24 heavy (non-hydrogen) atoms. The molecule has 0 atom stereocenters. The van der Waals surface area contributed by atoms with E-state index in [4.69, 9.17) is 21.1 Å². The van der Waals surface area contributed by atoms with Crippen LogP contribution < -0.4 is 14.2 Å². The van der Waals surface area contributed by atoms with Crippen molar-refractivity contribution in [3.8, 4) is 11.5 Å². The lowest BCUT2D eigenvalue weighted by molar-refractivity contribution is -0.385. The minimum atomic E-state index is -4.07. The average Bonchev–Trinajstić information content (AvgIpc) is 2.55. The van der Waals surface area contributed by atoms with Gasteiger partial charge in [-0.15, -0.1) is 0 Å². The zero-order chi connectivity index (χ0) is 17.9. The number of nitro groups is 1. The number of nitrogens with zero attached hydrogens (tertiary/aromatic N) is 1. The van der Waals surface area contributed by atoms with Crippen LogP contribution in [0.25, 0.3) is 0 Å². The molecule has 0 aliphatic rings. The summed E-state index contributed by atoms with van der Waals surface area (Å²) < 4.78 is 37.4. The molecule has 0 saturated carbocycles. The van der Waals surface area contributed by atoms with Crippen molar-refractivity contribution in [2.24, 2.45) is 0 Å².